The van der Waals surface area contributed by atoms with Crippen molar-refractivity contribution in [2.75, 3.05) is 7.11 Å². The highest BCUT2D eigenvalue weighted by molar-refractivity contribution is 5.30. The molecule has 21 heavy (non-hydrogen) atoms. The number of hydrogen-bond donors (Lipinski definition) is 1. The third kappa shape index (κ3) is 3.67. The molecule has 118 valence electrons. The average molecular weight is 306 g/mol. The SMILES string of the molecule is COc1ccc(C(O)C2CCCC(C(F)(F)F)C2)cc1F. The summed E-state index contributed by atoms with van der Waals surface area (Å²) in [6, 6.07) is 3.99. The lowest BCUT2D eigenvalue weighted by Crippen LogP contribution is -2.31. The van der Waals surface area contributed by atoms with Gasteiger partial charge in [-0.15, -0.1) is 0 Å². The van der Waals surface area contributed by atoms with Gasteiger partial charge < -0.3 is 9.84 Å². The largest absolute Gasteiger partial charge is 0.494 e. The molecule has 3 unspecified atom stereocenters. The molecule has 2 rings (SSSR count). The maximum atomic E-state index is 13.6. The van der Waals surface area contributed by atoms with Gasteiger partial charge in [0.2, 0.25) is 0 Å². The van der Waals surface area contributed by atoms with E-state index in [1.165, 1.54) is 19.2 Å². The molecular formula is C15H18F4O2. The van der Waals surface area contributed by atoms with E-state index in [1.54, 1.807) is 0 Å². The van der Waals surface area contributed by atoms with Crippen LogP contribution >= 0.6 is 0 Å². The smallest absolute Gasteiger partial charge is 0.391 e. The highest BCUT2D eigenvalue weighted by Crippen LogP contribution is 2.44. The molecule has 0 aliphatic heterocycles. The zero-order chi connectivity index (χ0) is 15.6. The number of aliphatic hydroxyl groups excluding tert-OH is 1. The van der Waals surface area contributed by atoms with Crippen LogP contribution in [0, 0.1) is 17.7 Å². The van der Waals surface area contributed by atoms with Crippen LogP contribution in [0.1, 0.15) is 37.4 Å². The molecule has 3 atom stereocenters. The van der Waals surface area contributed by atoms with E-state index in [4.69, 9.17) is 4.74 Å². The first-order chi connectivity index (χ1) is 9.82. The number of aliphatic hydroxyl groups is 1. The monoisotopic (exact) mass is 306 g/mol. The Morgan fingerprint density at radius 3 is 2.57 bits per heavy atom. The van der Waals surface area contributed by atoms with Gasteiger partial charge in [-0.3, -0.25) is 0 Å². The summed E-state index contributed by atoms with van der Waals surface area (Å²) < 4.78 is 56.8. The molecule has 0 bridgehead atoms. The van der Waals surface area contributed by atoms with Crippen LogP contribution in [0.25, 0.3) is 0 Å². The Morgan fingerprint density at radius 2 is 2.00 bits per heavy atom. The van der Waals surface area contributed by atoms with Crippen molar-refractivity contribution in [2.24, 2.45) is 11.8 Å². The Kier molecular flexibility index (Phi) is 4.76. The highest BCUT2D eigenvalue weighted by atomic mass is 19.4. The van der Waals surface area contributed by atoms with Crippen LogP contribution in [0.15, 0.2) is 18.2 Å². The van der Waals surface area contributed by atoms with E-state index in [0.717, 1.165) is 6.07 Å². The number of rotatable bonds is 3. The minimum Gasteiger partial charge on any atom is -0.494 e. The Balaban J connectivity index is 2.12. The van der Waals surface area contributed by atoms with Crippen molar-refractivity contribution >= 4 is 0 Å². The summed E-state index contributed by atoms with van der Waals surface area (Å²) in [4.78, 5) is 0. The molecule has 1 aromatic rings. The molecule has 1 aliphatic rings. The first-order valence-corrected chi connectivity index (χ1v) is 6.91. The molecule has 0 spiro atoms. The molecule has 0 aromatic heterocycles. The topological polar surface area (TPSA) is 29.5 Å². The molecule has 0 amide bonds. The molecular weight excluding hydrogens is 288 g/mol. The van der Waals surface area contributed by atoms with Gasteiger partial charge in [0.25, 0.3) is 0 Å². The van der Waals surface area contributed by atoms with E-state index in [0.29, 0.717) is 18.4 Å². The lowest BCUT2D eigenvalue weighted by atomic mass is 9.77. The van der Waals surface area contributed by atoms with Crippen LogP contribution in [0.5, 0.6) is 5.75 Å². The van der Waals surface area contributed by atoms with Gasteiger partial charge in [-0.05, 0) is 42.9 Å². The van der Waals surface area contributed by atoms with Crippen molar-refractivity contribution < 1.29 is 27.4 Å². The van der Waals surface area contributed by atoms with Crippen LogP contribution in [0.3, 0.4) is 0 Å². The van der Waals surface area contributed by atoms with Gasteiger partial charge in [-0.2, -0.15) is 13.2 Å². The predicted molar refractivity (Wildman–Crippen MR) is 69.4 cm³/mol. The van der Waals surface area contributed by atoms with Crippen molar-refractivity contribution in [1.82, 2.24) is 0 Å². The second-order valence-electron chi connectivity index (χ2n) is 5.50. The van der Waals surface area contributed by atoms with E-state index < -0.39 is 29.9 Å². The van der Waals surface area contributed by atoms with Crippen molar-refractivity contribution in [1.29, 1.82) is 0 Å². The summed E-state index contributed by atoms with van der Waals surface area (Å²) in [7, 11) is 1.32. The summed E-state index contributed by atoms with van der Waals surface area (Å²) in [5.41, 5.74) is 0.293. The second-order valence-corrected chi connectivity index (χ2v) is 5.50. The normalized spacial score (nSPS) is 24.7. The van der Waals surface area contributed by atoms with Crippen molar-refractivity contribution in [2.45, 2.75) is 38.0 Å². The third-order valence-electron chi connectivity index (χ3n) is 4.14. The number of methoxy groups -OCH3 is 1. The zero-order valence-electron chi connectivity index (χ0n) is 11.7. The Bertz CT molecular complexity index is 487. The Labute approximate surface area is 120 Å². The van der Waals surface area contributed by atoms with E-state index in [1.807, 2.05) is 0 Å². The number of ether oxygens (including phenoxy) is 1. The molecule has 0 heterocycles. The fourth-order valence-electron chi connectivity index (χ4n) is 2.95. The van der Waals surface area contributed by atoms with Gasteiger partial charge in [-0.1, -0.05) is 12.5 Å². The molecule has 2 nitrogen and oxygen atoms in total. The van der Waals surface area contributed by atoms with E-state index in [2.05, 4.69) is 0 Å². The lowest BCUT2D eigenvalue weighted by molar-refractivity contribution is -0.189. The standard InChI is InChI=1S/C15H18F4O2/c1-21-13-6-5-10(8-12(13)16)14(20)9-3-2-4-11(7-9)15(17,18)19/h5-6,8-9,11,14,20H,2-4,7H2,1H3. The fraction of sp³-hybridized carbons (Fsp3) is 0.600. The van der Waals surface area contributed by atoms with Crippen LogP contribution in [0.2, 0.25) is 0 Å². The zero-order valence-corrected chi connectivity index (χ0v) is 11.7. The van der Waals surface area contributed by atoms with Gasteiger partial charge >= 0.3 is 6.18 Å². The van der Waals surface area contributed by atoms with Crippen LogP contribution < -0.4 is 4.74 Å². The van der Waals surface area contributed by atoms with Gasteiger partial charge in [0, 0.05) is 0 Å². The van der Waals surface area contributed by atoms with Gasteiger partial charge in [-0.25, -0.2) is 4.39 Å². The molecule has 1 aliphatic carbocycles. The van der Waals surface area contributed by atoms with E-state index >= 15 is 0 Å². The third-order valence-corrected chi connectivity index (χ3v) is 4.14. The van der Waals surface area contributed by atoms with Crippen molar-refractivity contribution in [3.8, 4) is 5.75 Å². The fourth-order valence-corrected chi connectivity index (χ4v) is 2.95. The van der Waals surface area contributed by atoms with Crippen LogP contribution in [-0.4, -0.2) is 18.4 Å². The number of benzene rings is 1. The molecule has 1 N–H and O–H groups in total. The maximum absolute atomic E-state index is 13.6. The second kappa shape index (κ2) is 6.22. The van der Waals surface area contributed by atoms with Crippen LogP contribution in [-0.2, 0) is 0 Å². The molecule has 6 heteroatoms. The maximum Gasteiger partial charge on any atom is 0.391 e. The number of alkyl halides is 3. The lowest BCUT2D eigenvalue weighted by Gasteiger charge is -2.33. The molecule has 1 saturated carbocycles. The minimum absolute atomic E-state index is 0.0442. The van der Waals surface area contributed by atoms with E-state index in [9.17, 15) is 22.7 Å². The average Bonchev–Trinajstić information content (AvgIpc) is 2.45. The molecule has 1 aromatic carbocycles. The first-order valence-electron chi connectivity index (χ1n) is 6.91. The highest BCUT2D eigenvalue weighted by Gasteiger charge is 2.43. The van der Waals surface area contributed by atoms with Gasteiger partial charge in [0.1, 0.15) is 0 Å². The van der Waals surface area contributed by atoms with Gasteiger partial charge in [0.15, 0.2) is 11.6 Å². The number of halogens is 4. The predicted octanol–water partition coefficient (Wildman–Crippen LogP) is 4.24. The summed E-state index contributed by atoms with van der Waals surface area (Å²) in [6.45, 7) is 0. The Hall–Kier alpha value is -1.30. The minimum atomic E-state index is -4.23. The number of hydrogen-bond acceptors (Lipinski definition) is 2. The quantitative estimate of drug-likeness (QED) is 0.847. The summed E-state index contributed by atoms with van der Waals surface area (Å²) >= 11 is 0. The van der Waals surface area contributed by atoms with Crippen LogP contribution in [0.4, 0.5) is 17.6 Å². The summed E-state index contributed by atoms with van der Waals surface area (Å²) in [6.07, 6.45) is -4.40. The molecule has 1 fully saturated rings. The van der Waals surface area contributed by atoms with E-state index in [-0.39, 0.29) is 18.6 Å². The molecule has 0 saturated heterocycles. The summed E-state index contributed by atoms with van der Waals surface area (Å²) in [5.74, 6) is -2.47. The first kappa shape index (κ1) is 16.1. The summed E-state index contributed by atoms with van der Waals surface area (Å²) in [5, 5.41) is 10.2. The Morgan fingerprint density at radius 1 is 1.29 bits per heavy atom. The van der Waals surface area contributed by atoms with Crippen molar-refractivity contribution in [3.05, 3.63) is 29.6 Å². The van der Waals surface area contributed by atoms with Crippen molar-refractivity contribution in [3.63, 3.8) is 0 Å². The molecule has 0 radical (unpaired) electrons. The van der Waals surface area contributed by atoms with Gasteiger partial charge in [0.05, 0.1) is 19.1 Å².